The van der Waals surface area contributed by atoms with Crippen LogP contribution in [0.2, 0.25) is 0 Å². The molecule has 2 aromatic carbocycles. The van der Waals surface area contributed by atoms with E-state index in [-0.39, 0.29) is 5.56 Å². The molecule has 0 atom stereocenters. The summed E-state index contributed by atoms with van der Waals surface area (Å²) in [5.74, 6) is -0.420. The molecule has 0 spiro atoms. The Morgan fingerprint density at radius 2 is 1.38 bits per heavy atom. The quantitative estimate of drug-likeness (QED) is 0.370. The first kappa shape index (κ1) is 19.5. The summed E-state index contributed by atoms with van der Waals surface area (Å²) in [5.41, 5.74) is 0.417. The summed E-state index contributed by atoms with van der Waals surface area (Å²) in [6.07, 6.45) is 5.93. The zero-order valence-electron chi connectivity index (χ0n) is 14.9. The van der Waals surface area contributed by atoms with Crippen molar-refractivity contribution in [3.63, 3.8) is 0 Å². The summed E-state index contributed by atoms with van der Waals surface area (Å²) in [6.45, 7) is 2.87. The van der Waals surface area contributed by atoms with Gasteiger partial charge in [0, 0.05) is 0 Å². The molecular formula is C21H24O5. The highest BCUT2D eigenvalue weighted by molar-refractivity contribution is 5.93. The zero-order valence-corrected chi connectivity index (χ0v) is 14.9. The molecule has 0 unspecified atom stereocenters. The smallest absolute Gasteiger partial charge is 0.343 e. The van der Waals surface area contributed by atoms with Crippen LogP contribution < -0.4 is 9.47 Å². The molecule has 26 heavy (non-hydrogen) atoms. The van der Waals surface area contributed by atoms with E-state index in [1.807, 2.05) is 0 Å². The minimum atomic E-state index is -1.04. The maximum Gasteiger partial charge on any atom is 0.343 e. The van der Waals surface area contributed by atoms with Crippen LogP contribution in [0.25, 0.3) is 0 Å². The van der Waals surface area contributed by atoms with Crippen molar-refractivity contribution in [2.45, 2.75) is 39.0 Å². The summed E-state index contributed by atoms with van der Waals surface area (Å²) in [6, 6.07) is 12.5. The highest BCUT2D eigenvalue weighted by Crippen LogP contribution is 2.19. The Labute approximate surface area is 153 Å². The molecule has 0 bridgehead atoms. The Morgan fingerprint density at radius 3 is 2.00 bits per heavy atom. The number of carbonyl (C=O) groups excluding carboxylic acids is 1. The molecule has 138 valence electrons. The highest BCUT2D eigenvalue weighted by atomic mass is 16.5. The van der Waals surface area contributed by atoms with E-state index >= 15 is 0 Å². The molecule has 0 heterocycles. The van der Waals surface area contributed by atoms with Crippen molar-refractivity contribution in [1.82, 2.24) is 0 Å². The van der Waals surface area contributed by atoms with Gasteiger partial charge in [0.05, 0.1) is 17.7 Å². The van der Waals surface area contributed by atoms with Crippen molar-refractivity contribution in [2.24, 2.45) is 0 Å². The minimum Gasteiger partial charge on any atom is -0.494 e. The second-order valence-electron chi connectivity index (χ2n) is 6.01. The average molecular weight is 356 g/mol. The first-order valence-electron chi connectivity index (χ1n) is 8.88. The van der Waals surface area contributed by atoms with Gasteiger partial charge in [-0.05, 0) is 55.0 Å². The molecule has 1 N–H and O–H groups in total. The maximum atomic E-state index is 12.1. The number of carboxylic acids is 1. The second kappa shape index (κ2) is 10.2. The first-order chi connectivity index (χ1) is 12.6. The molecule has 0 radical (unpaired) electrons. The van der Waals surface area contributed by atoms with Crippen molar-refractivity contribution in [1.29, 1.82) is 0 Å². The van der Waals surface area contributed by atoms with Crippen molar-refractivity contribution in [3.8, 4) is 11.5 Å². The Bertz CT molecular complexity index is 704. The molecule has 0 fully saturated rings. The maximum absolute atomic E-state index is 12.1. The van der Waals surface area contributed by atoms with E-state index in [0.29, 0.717) is 17.9 Å². The number of unbranched alkanes of at least 4 members (excludes halogenated alkanes) is 4. The fraction of sp³-hybridized carbons (Fsp3) is 0.333. The largest absolute Gasteiger partial charge is 0.494 e. The molecule has 2 rings (SSSR count). The van der Waals surface area contributed by atoms with Gasteiger partial charge in [0.2, 0.25) is 0 Å². The number of carbonyl (C=O) groups is 2. The molecule has 2 aromatic rings. The lowest BCUT2D eigenvalue weighted by Gasteiger charge is -2.08. The Balaban J connectivity index is 1.80. The Kier molecular flexibility index (Phi) is 7.68. The number of ether oxygens (including phenoxy) is 2. The summed E-state index contributed by atoms with van der Waals surface area (Å²) < 4.78 is 11.0. The third-order valence-electron chi connectivity index (χ3n) is 3.92. The number of benzene rings is 2. The number of hydrogen-bond donors (Lipinski definition) is 1. The van der Waals surface area contributed by atoms with Crippen LogP contribution in [-0.2, 0) is 0 Å². The van der Waals surface area contributed by atoms with Gasteiger partial charge in [0.1, 0.15) is 11.5 Å². The van der Waals surface area contributed by atoms with Gasteiger partial charge in [0.15, 0.2) is 0 Å². The lowest BCUT2D eigenvalue weighted by atomic mass is 10.1. The fourth-order valence-electron chi connectivity index (χ4n) is 2.41. The third kappa shape index (κ3) is 6.24. The van der Waals surface area contributed by atoms with Gasteiger partial charge in [-0.15, -0.1) is 0 Å². The Hall–Kier alpha value is -2.82. The monoisotopic (exact) mass is 356 g/mol. The van der Waals surface area contributed by atoms with Crippen LogP contribution in [0.1, 0.15) is 59.7 Å². The molecular weight excluding hydrogens is 332 g/mol. The summed E-state index contributed by atoms with van der Waals surface area (Å²) in [5, 5.41) is 8.86. The molecule has 5 nitrogen and oxygen atoms in total. The highest BCUT2D eigenvalue weighted by Gasteiger charge is 2.10. The van der Waals surface area contributed by atoms with Gasteiger partial charge in [-0.2, -0.15) is 0 Å². The molecule has 0 aliphatic rings. The van der Waals surface area contributed by atoms with Gasteiger partial charge in [-0.25, -0.2) is 9.59 Å². The van der Waals surface area contributed by atoms with Crippen LogP contribution in [0, 0.1) is 0 Å². The van der Waals surface area contributed by atoms with Crippen LogP contribution in [0.3, 0.4) is 0 Å². The van der Waals surface area contributed by atoms with Crippen molar-refractivity contribution in [3.05, 3.63) is 59.7 Å². The third-order valence-corrected chi connectivity index (χ3v) is 3.92. The normalized spacial score (nSPS) is 10.3. The standard InChI is InChI=1S/C21H24O5/c1-2-3-4-5-6-15-25-18-11-13-19(14-12-18)26-21(24)17-9-7-16(8-10-17)20(22)23/h7-14H,2-6,15H2,1H3,(H,22,23). The lowest BCUT2D eigenvalue weighted by Crippen LogP contribution is -2.09. The molecule has 0 amide bonds. The molecule has 0 saturated heterocycles. The molecule has 0 aliphatic carbocycles. The predicted octanol–water partition coefficient (Wildman–Crippen LogP) is 4.95. The van der Waals surface area contributed by atoms with E-state index in [2.05, 4.69) is 6.92 Å². The molecule has 5 heteroatoms. The van der Waals surface area contributed by atoms with Crippen molar-refractivity contribution < 1.29 is 24.2 Å². The van der Waals surface area contributed by atoms with Crippen LogP contribution in [0.15, 0.2) is 48.5 Å². The van der Waals surface area contributed by atoms with Crippen molar-refractivity contribution >= 4 is 11.9 Å². The topological polar surface area (TPSA) is 72.8 Å². The van der Waals surface area contributed by atoms with Crippen LogP contribution >= 0.6 is 0 Å². The Morgan fingerprint density at radius 1 is 0.808 bits per heavy atom. The van der Waals surface area contributed by atoms with Gasteiger partial charge in [-0.1, -0.05) is 32.6 Å². The first-order valence-corrected chi connectivity index (χ1v) is 8.88. The fourth-order valence-corrected chi connectivity index (χ4v) is 2.41. The number of aromatic carboxylic acids is 1. The van der Waals surface area contributed by atoms with Crippen LogP contribution in [0.5, 0.6) is 11.5 Å². The summed E-state index contributed by atoms with van der Waals surface area (Å²) in [7, 11) is 0. The molecule has 0 aromatic heterocycles. The lowest BCUT2D eigenvalue weighted by molar-refractivity contribution is 0.0691. The van der Waals surface area contributed by atoms with Crippen LogP contribution in [0.4, 0.5) is 0 Å². The number of hydrogen-bond acceptors (Lipinski definition) is 4. The molecule has 0 saturated carbocycles. The van der Waals surface area contributed by atoms with Gasteiger partial charge >= 0.3 is 11.9 Å². The van der Waals surface area contributed by atoms with E-state index in [9.17, 15) is 9.59 Å². The van der Waals surface area contributed by atoms with E-state index in [4.69, 9.17) is 14.6 Å². The van der Waals surface area contributed by atoms with Gasteiger partial charge < -0.3 is 14.6 Å². The number of rotatable bonds is 10. The average Bonchev–Trinajstić information content (AvgIpc) is 2.66. The van der Waals surface area contributed by atoms with Gasteiger partial charge in [0.25, 0.3) is 0 Å². The van der Waals surface area contributed by atoms with E-state index in [0.717, 1.165) is 12.2 Å². The zero-order chi connectivity index (χ0) is 18.8. The predicted molar refractivity (Wildman–Crippen MR) is 99.1 cm³/mol. The van der Waals surface area contributed by atoms with Gasteiger partial charge in [-0.3, -0.25) is 0 Å². The SMILES string of the molecule is CCCCCCCOc1ccc(OC(=O)c2ccc(C(=O)O)cc2)cc1. The number of carboxylic acid groups (broad SMARTS) is 1. The van der Waals surface area contributed by atoms with E-state index < -0.39 is 11.9 Å². The molecule has 0 aliphatic heterocycles. The minimum absolute atomic E-state index is 0.123. The summed E-state index contributed by atoms with van der Waals surface area (Å²) in [4.78, 5) is 22.9. The van der Waals surface area contributed by atoms with E-state index in [1.165, 1.54) is 49.9 Å². The van der Waals surface area contributed by atoms with Crippen molar-refractivity contribution in [2.75, 3.05) is 6.61 Å². The second-order valence-corrected chi connectivity index (χ2v) is 6.01. The summed E-state index contributed by atoms with van der Waals surface area (Å²) >= 11 is 0. The van der Waals surface area contributed by atoms with Crippen LogP contribution in [-0.4, -0.2) is 23.7 Å². The number of esters is 1. The van der Waals surface area contributed by atoms with E-state index in [1.54, 1.807) is 24.3 Å².